The summed E-state index contributed by atoms with van der Waals surface area (Å²) in [6.07, 6.45) is 0.689. The van der Waals surface area contributed by atoms with Gasteiger partial charge >= 0.3 is 11.9 Å². The number of carbonyl (C=O) groups is 3. The van der Waals surface area contributed by atoms with Gasteiger partial charge in [-0.3, -0.25) is 4.79 Å². The number of amides is 1. The Morgan fingerprint density at radius 1 is 1.18 bits per heavy atom. The maximum Gasteiger partial charge on any atom is 0.342 e. The molecule has 0 saturated heterocycles. The minimum atomic E-state index is -0.637. The first-order chi connectivity index (χ1) is 13.2. The van der Waals surface area contributed by atoms with E-state index < -0.39 is 24.5 Å². The van der Waals surface area contributed by atoms with Gasteiger partial charge in [-0.2, -0.15) is 0 Å². The van der Waals surface area contributed by atoms with E-state index in [1.54, 1.807) is 26.8 Å². The number of thiophene rings is 1. The molecule has 2 aromatic rings. The van der Waals surface area contributed by atoms with Crippen molar-refractivity contribution in [3.05, 3.63) is 39.7 Å². The van der Waals surface area contributed by atoms with Crippen LogP contribution in [0.5, 0.6) is 0 Å². The van der Waals surface area contributed by atoms with Crippen molar-refractivity contribution in [3.63, 3.8) is 0 Å². The van der Waals surface area contributed by atoms with Crippen molar-refractivity contribution in [1.82, 2.24) is 0 Å². The van der Waals surface area contributed by atoms with Crippen LogP contribution >= 0.6 is 11.3 Å². The van der Waals surface area contributed by atoms with Crippen molar-refractivity contribution in [3.8, 4) is 0 Å². The molecule has 8 heteroatoms. The number of hydrogen-bond donors (Lipinski definition) is 1. The fraction of sp³-hybridized carbons (Fsp3) is 0.450. The standard InChI is InChI=1S/C20H25NO6S/c1-6-25-20(24)17-14(7-11(2)3)10-28-18(17)21-16(22)9-26-19(23)15-8-12(4)27-13(15)5/h8,10-11H,6-7,9H2,1-5H3,(H,21,22). The van der Waals surface area contributed by atoms with Gasteiger partial charge in [-0.1, -0.05) is 13.8 Å². The van der Waals surface area contributed by atoms with E-state index >= 15 is 0 Å². The molecule has 28 heavy (non-hydrogen) atoms. The third-order valence-electron chi connectivity index (χ3n) is 3.82. The van der Waals surface area contributed by atoms with Gasteiger partial charge in [0.25, 0.3) is 5.91 Å². The van der Waals surface area contributed by atoms with Gasteiger partial charge in [-0.05, 0) is 50.1 Å². The molecule has 0 fully saturated rings. The Kier molecular flexibility index (Phi) is 7.39. The average Bonchev–Trinajstić information content (AvgIpc) is 3.14. The second-order valence-electron chi connectivity index (χ2n) is 6.73. The van der Waals surface area contributed by atoms with Crippen LogP contribution in [-0.2, 0) is 20.7 Å². The highest BCUT2D eigenvalue weighted by atomic mass is 32.1. The quantitative estimate of drug-likeness (QED) is 0.661. The minimum Gasteiger partial charge on any atom is -0.466 e. The van der Waals surface area contributed by atoms with E-state index in [2.05, 4.69) is 5.32 Å². The SMILES string of the molecule is CCOC(=O)c1c(CC(C)C)csc1NC(=O)COC(=O)c1cc(C)oc1C. The van der Waals surface area contributed by atoms with Gasteiger partial charge in [-0.25, -0.2) is 9.59 Å². The molecule has 0 aromatic carbocycles. The Morgan fingerprint density at radius 3 is 2.46 bits per heavy atom. The summed E-state index contributed by atoms with van der Waals surface area (Å²) in [6.45, 7) is 8.96. The molecule has 7 nitrogen and oxygen atoms in total. The summed E-state index contributed by atoms with van der Waals surface area (Å²) < 4.78 is 15.5. The largest absolute Gasteiger partial charge is 0.466 e. The molecule has 2 rings (SSSR count). The minimum absolute atomic E-state index is 0.240. The second-order valence-corrected chi connectivity index (χ2v) is 7.61. The van der Waals surface area contributed by atoms with Crippen LogP contribution in [0.15, 0.2) is 15.9 Å². The smallest absolute Gasteiger partial charge is 0.342 e. The molecule has 2 heterocycles. The zero-order valence-corrected chi connectivity index (χ0v) is 17.5. The predicted octanol–water partition coefficient (Wildman–Crippen LogP) is 4.13. The molecular weight excluding hydrogens is 382 g/mol. The number of carbonyl (C=O) groups excluding carboxylic acids is 3. The molecule has 0 bridgehead atoms. The molecule has 0 atom stereocenters. The van der Waals surface area contributed by atoms with E-state index in [1.807, 2.05) is 19.2 Å². The van der Waals surface area contributed by atoms with Crippen LogP contribution in [0.2, 0.25) is 0 Å². The van der Waals surface area contributed by atoms with Crippen LogP contribution in [0.25, 0.3) is 0 Å². The van der Waals surface area contributed by atoms with E-state index in [9.17, 15) is 14.4 Å². The monoisotopic (exact) mass is 407 g/mol. The van der Waals surface area contributed by atoms with E-state index in [1.165, 1.54) is 11.3 Å². The first-order valence-electron chi connectivity index (χ1n) is 9.04. The summed E-state index contributed by atoms with van der Waals surface area (Å²) in [5.74, 6) is -0.282. The van der Waals surface area contributed by atoms with Crippen LogP contribution in [0, 0.1) is 19.8 Å². The molecule has 2 aromatic heterocycles. The molecule has 0 saturated carbocycles. The zero-order chi connectivity index (χ0) is 20.8. The summed E-state index contributed by atoms with van der Waals surface area (Å²) in [7, 11) is 0. The Balaban J connectivity index is 2.06. The number of hydrogen-bond acceptors (Lipinski definition) is 7. The third kappa shape index (κ3) is 5.45. The third-order valence-corrected chi connectivity index (χ3v) is 4.77. The van der Waals surface area contributed by atoms with E-state index in [0.717, 1.165) is 5.56 Å². The molecule has 0 spiro atoms. The molecule has 152 valence electrons. The van der Waals surface area contributed by atoms with Crippen molar-refractivity contribution in [2.75, 3.05) is 18.5 Å². The molecule has 0 aliphatic rings. The lowest BCUT2D eigenvalue weighted by molar-refractivity contribution is -0.119. The highest BCUT2D eigenvalue weighted by molar-refractivity contribution is 7.15. The van der Waals surface area contributed by atoms with Crippen molar-refractivity contribution < 1.29 is 28.3 Å². The maximum absolute atomic E-state index is 12.3. The lowest BCUT2D eigenvalue weighted by Gasteiger charge is -2.10. The van der Waals surface area contributed by atoms with E-state index in [4.69, 9.17) is 13.9 Å². The van der Waals surface area contributed by atoms with Gasteiger partial charge in [0.15, 0.2) is 6.61 Å². The number of rotatable bonds is 8. The summed E-state index contributed by atoms with van der Waals surface area (Å²) in [5, 5.41) is 4.88. The highest BCUT2D eigenvalue weighted by Crippen LogP contribution is 2.31. The lowest BCUT2D eigenvalue weighted by atomic mass is 10.0. The van der Waals surface area contributed by atoms with Crippen molar-refractivity contribution in [2.45, 2.75) is 41.0 Å². The Hall–Kier alpha value is -2.61. The van der Waals surface area contributed by atoms with Crippen LogP contribution in [0.1, 0.15) is 58.6 Å². The number of nitrogens with one attached hydrogen (secondary N) is 1. The summed E-state index contributed by atoms with van der Waals surface area (Å²) in [6, 6.07) is 1.56. The average molecular weight is 407 g/mol. The van der Waals surface area contributed by atoms with Crippen molar-refractivity contribution >= 4 is 34.2 Å². The van der Waals surface area contributed by atoms with Crippen LogP contribution < -0.4 is 5.32 Å². The van der Waals surface area contributed by atoms with Gasteiger partial charge in [0.05, 0.1) is 12.2 Å². The van der Waals surface area contributed by atoms with Gasteiger partial charge in [0, 0.05) is 0 Å². The van der Waals surface area contributed by atoms with Gasteiger partial charge < -0.3 is 19.2 Å². The number of aryl methyl sites for hydroxylation is 2. The first-order valence-corrected chi connectivity index (χ1v) is 9.92. The Bertz CT molecular complexity index is 864. The number of esters is 2. The second kappa shape index (κ2) is 9.54. The fourth-order valence-electron chi connectivity index (χ4n) is 2.71. The molecule has 0 aliphatic carbocycles. The number of anilines is 1. The summed E-state index contributed by atoms with van der Waals surface area (Å²) >= 11 is 1.25. The summed E-state index contributed by atoms with van der Waals surface area (Å²) in [5.41, 5.74) is 1.48. The van der Waals surface area contributed by atoms with E-state index in [0.29, 0.717) is 34.4 Å². The van der Waals surface area contributed by atoms with Gasteiger partial charge in [0.1, 0.15) is 22.1 Å². The lowest BCUT2D eigenvalue weighted by Crippen LogP contribution is -2.22. The van der Waals surface area contributed by atoms with E-state index in [-0.39, 0.29) is 12.2 Å². The van der Waals surface area contributed by atoms with Crippen molar-refractivity contribution in [1.29, 1.82) is 0 Å². The van der Waals surface area contributed by atoms with Gasteiger partial charge in [-0.15, -0.1) is 11.3 Å². The topological polar surface area (TPSA) is 94.8 Å². The number of ether oxygens (including phenoxy) is 2. The molecule has 0 aliphatic heterocycles. The highest BCUT2D eigenvalue weighted by Gasteiger charge is 2.23. The maximum atomic E-state index is 12.3. The molecule has 0 unspecified atom stereocenters. The fourth-order valence-corrected chi connectivity index (χ4v) is 3.69. The predicted molar refractivity (Wildman–Crippen MR) is 106 cm³/mol. The number of furan rings is 1. The zero-order valence-electron chi connectivity index (χ0n) is 16.7. The molecule has 1 amide bonds. The van der Waals surface area contributed by atoms with Crippen LogP contribution in [-0.4, -0.2) is 31.1 Å². The van der Waals surface area contributed by atoms with Crippen molar-refractivity contribution in [2.24, 2.45) is 5.92 Å². The molecule has 0 radical (unpaired) electrons. The molecular formula is C20H25NO6S. The van der Waals surface area contributed by atoms with Crippen LogP contribution in [0.3, 0.4) is 0 Å². The Labute approximate surface area is 168 Å². The normalized spacial score (nSPS) is 10.8. The Morgan fingerprint density at radius 2 is 1.89 bits per heavy atom. The summed E-state index contributed by atoms with van der Waals surface area (Å²) in [4.78, 5) is 36.7. The van der Waals surface area contributed by atoms with Crippen LogP contribution in [0.4, 0.5) is 5.00 Å². The first kappa shape index (κ1) is 21.7. The molecule has 1 N–H and O–H groups in total. The van der Waals surface area contributed by atoms with Gasteiger partial charge in [0.2, 0.25) is 0 Å².